The zero-order chi connectivity index (χ0) is 24.3. The van der Waals surface area contributed by atoms with Crippen molar-refractivity contribution < 1.29 is 28.4 Å². The molecule has 3 atom stereocenters. The fourth-order valence-electron chi connectivity index (χ4n) is 3.88. The van der Waals surface area contributed by atoms with Crippen LogP contribution in [0.4, 0.5) is 0 Å². The van der Waals surface area contributed by atoms with Crippen LogP contribution in [-0.2, 0) is 30.3 Å². The molecule has 6 nitrogen and oxygen atoms in total. The minimum absolute atomic E-state index is 0.00236. The maximum atomic E-state index is 6.05. The Kier molecular flexibility index (Phi) is 11.1. The molecule has 1 aromatic rings. The first-order chi connectivity index (χ1) is 15.6. The molecule has 0 N–H and O–H groups in total. The zero-order valence-corrected chi connectivity index (χ0v) is 21.2. The third-order valence-electron chi connectivity index (χ3n) is 5.72. The van der Waals surface area contributed by atoms with Gasteiger partial charge in [0.1, 0.15) is 12.5 Å². The highest BCUT2D eigenvalue weighted by molar-refractivity contribution is 5.26. The van der Waals surface area contributed by atoms with E-state index in [0.717, 1.165) is 36.1 Å². The van der Waals surface area contributed by atoms with E-state index in [1.54, 1.807) is 14.2 Å². The molecule has 1 fully saturated rings. The standard InChI is InChI=1S/C27H42O6/c1-21(2)12-13-27(5,14-15-30-18-22-8-10-23(29-7)11-9-22)17-24(31-20-28-6)16-25-19-32-26(3,4)33-25/h8-13,24-25H,1,14-20H2,2-7H3/b13-12+/t24-,25?,27-/m1/s1. The lowest BCUT2D eigenvalue weighted by Gasteiger charge is -2.32. The second-order valence-electron chi connectivity index (χ2n) is 9.57. The van der Waals surface area contributed by atoms with Gasteiger partial charge in [0.15, 0.2) is 5.79 Å². The Morgan fingerprint density at radius 2 is 2.00 bits per heavy atom. The SMILES string of the molecule is C=C(C)/C=C/[C@](C)(CCOCc1ccc(OC)cc1)C[C@@H](CC1COC(C)(C)O1)OCOC. The molecule has 0 radical (unpaired) electrons. The zero-order valence-electron chi connectivity index (χ0n) is 21.2. The number of hydrogen-bond acceptors (Lipinski definition) is 6. The molecule has 0 aromatic heterocycles. The van der Waals surface area contributed by atoms with E-state index in [-0.39, 0.29) is 24.4 Å². The predicted octanol–water partition coefficient (Wildman–Crippen LogP) is 5.66. The Bertz CT molecular complexity index is 741. The lowest BCUT2D eigenvalue weighted by Crippen LogP contribution is -2.31. The number of ether oxygens (including phenoxy) is 6. The van der Waals surface area contributed by atoms with Crippen LogP contribution in [-0.4, -0.2) is 52.2 Å². The van der Waals surface area contributed by atoms with Gasteiger partial charge in [-0.05, 0) is 56.7 Å². The van der Waals surface area contributed by atoms with E-state index in [4.69, 9.17) is 28.4 Å². The molecule has 0 bridgehead atoms. The van der Waals surface area contributed by atoms with Crippen molar-refractivity contribution in [2.45, 2.75) is 71.6 Å². The average molecular weight is 463 g/mol. The summed E-state index contributed by atoms with van der Waals surface area (Å²) < 4.78 is 34.2. The molecule has 6 heteroatoms. The molecule has 0 amide bonds. The summed E-state index contributed by atoms with van der Waals surface area (Å²) in [6.45, 7) is 14.2. The van der Waals surface area contributed by atoms with Crippen LogP contribution in [0.1, 0.15) is 52.5 Å². The topological polar surface area (TPSA) is 55.4 Å². The van der Waals surface area contributed by atoms with Crippen molar-refractivity contribution in [3.63, 3.8) is 0 Å². The molecule has 1 heterocycles. The number of rotatable bonds is 15. The minimum atomic E-state index is -0.547. The molecule has 0 aliphatic carbocycles. The molecule has 1 unspecified atom stereocenters. The van der Waals surface area contributed by atoms with Gasteiger partial charge in [-0.15, -0.1) is 0 Å². The van der Waals surface area contributed by atoms with Crippen LogP contribution in [0.25, 0.3) is 0 Å². The third-order valence-corrected chi connectivity index (χ3v) is 5.72. The van der Waals surface area contributed by atoms with Gasteiger partial charge in [-0.3, -0.25) is 0 Å². The van der Waals surface area contributed by atoms with Crippen LogP contribution in [0, 0.1) is 5.41 Å². The van der Waals surface area contributed by atoms with E-state index >= 15 is 0 Å². The second kappa shape index (κ2) is 13.3. The van der Waals surface area contributed by atoms with Gasteiger partial charge in [0.05, 0.1) is 32.5 Å². The normalized spacial score (nSPS) is 20.6. The van der Waals surface area contributed by atoms with E-state index in [0.29, 0.717) is 19.8 Å². The van der Waals surface area contributed by atoms with Gasteiger partial charge in [-0.1, -0.05) is 43.4 Å². The van der Waals surface area contributed by atoms with Gasteiger partial charge >= 0.3 is 0 Å². The number of hydrogen-bond donors (Lipinski definition) is 0. The van der Waals surface area contributed by atoms with Crippen LogP contribution in [0.2, 0.25) is 0 Å². The highest BCUT2D eigenvalue weighted by Gasteiger charge is 2.36. The first-order valence-electron chi connectivity index (χ1n) is 11.6. The lowest BCUT2D eigenvalue weighted by atomic mass is 9.79. The maximum Gasteiger partial charge on any atom is 0.163 e. The molecular weight excluding hydrogens is 420 g/mol. The van der Waals surface area contributed by atoms with E-state index in [1.807, 2.05) is 45.0 Å². The number of methoxy groups -OCH3 is 2. The van der Waals surface area contributed by atoms with Gasteiger partial charge in [-0.25, -0.2) is 0 Å². The molecule has 186 valence electrons. The van der Waals surface area contributed by atoms with Crippen molar-refractivity contribution in [3.8, 4) is 5.75 Å². The summed E-state index contributed by atoms with van der Waals surface area (Å²) in [5.41, 5.74) is 2.01. The third kappa shape index (κ3) is 10.4. The van der Waals surface area contributed by atoms with E-state index in [2.05, 4.69) is 25.7 Å². The van der Waals surface area contributed by atoms with Crippen molar-refractivity contribution in [1.82, 2.24) is 0 Å². The summed E-state index contributed by atoms with van der Waals surface area (Å²) >= 11 is 0. The second-order valence-corrected chi connectivity index (χ2v) is 9.57. The van der Waals surface area contributed by atoms with Crippen molar-refractivity contribution >= 4 is 0 Å². The molecule has 2 rings (SSSR count). The maximum absolute atomic E-state index is 6.05. The average Bonchev–Trinajstić information content (AvgIpc) is 3.12. The van der Waals surface area contributed by atoms with Gasteiger partial charge in [0.2, 0.25) is 0 Å². The molecule has 1 aliphatic rings. The fourth-order valence-corrected chi connectivity index (χ4v) is 3.88. The highest BCUT2D eigenvalue weighted by atomic mass is 16.7. The summed E-state index contributed by atoms with van der Waals surface area (Å²) in [4.78, 5) is 0. The van der Waals surface area contributed by atoms with Crippen LogP contribution >= 0.6 is 0 Å². The quantitative estimate of drug-likeness (QED) is 0.190. The van der Waals surface area contributed by atoms with Gasteiger partial charge in [0.25, 0.3) is 0 Å². The number of allylic oxidation sites excluding steroid dienone is 3. The Morgan fingerprint density at radius 1 is 1.27 bits per heavy atom. The van der Waals surface area contributed by atoms with Crippen molar-refractivity contribution in [2.24, 2.45) is 5.41 Å². The first-order valence-corrected chi connectivity index (χ1v) is 11.6. The molecular formula is C27H42O6. The summed E-state index contributed by atoms with van der Waals surface area (Å²) in [6, 6.07) is 7.95. The highest BCUT2D eigenvalue weighted by Crippen LogP contribution is 2.34. The van der Waals surface area contributed by atoms with Crippen LogP contribution in [0.3, 0.4) is 0 Å². The largest absolute Gasteiger partial charge is 0.497 e. The molecule has 33 heavy (non-hydrogen) atoms. The Balaban J connectivity index is 1.98. The predicted molar refractivity (Wildman–Crippen MR) is 130 cm³/mol. The van der Waals surface area contributed by atoms with E-state index < -0.39 is 5.79 Å². The van der Waals surface area contributed by atoms with Gasteiger partial charge < -0.3 is 28.4 Å². The van der Waals surface area contributed by atoms with E-state index in [1.165, 1.54) is 0 Å². The molecule has 0 spiro atoms. The summed E-state index contributed by atoms with van der Waals surface area (Å²) in [5, 5.41) is 0. The van der Waals surface area contributed by atoms with E-state index in [9.17, 15) is 0 Å². The summed E-state index contributed by atoms with van der Waals surface area (Å²) in [5.74, 6) is 0.299. The molecule has 1 aliphatic heterocycles. The van der Waals surface area contributed by atoms with Gasteiger partial charge in [-0.2, -0.15) is 0 Å². The Morgan fingerprint density at radius 3 is 2.58 bits per heavy atom. The van der Waals surface area contributed by atoms with Crippen LogP contribution in [0.5, 0.6) is 5.75 Å². The smallest absolute Gasteiger partial charge is 0.163 e. The fraction of sp³-hybridized carbons (Fsp3) is 0.630. The van der Waals surface area contributed by atoms with Gasteiger partial charge in [0, 0.05) is 20.1 Å². The van der Waals surface area contributed by atoms with Crippen molar-refractivity contribution in [3.05, 3.63) is 54.1 Å². The Labute approximate surface area is 199 Å². The van der Waals surface area contributed by atoms with Crippen molar-refractivity contribution in [1.29, 1.82) is 0 Å². The Hall–Kier alpha value is -1.70. The minimum Gasteiger partial charge on any atom is -0.497 e. The summed E-state index contributed by atoms with van der Waals surface area (Å²) in [6.07, 6.45) is 6.69. The first kappa shape index (κ1) is 27.5. The van der Waals surface area contributed by atoms with Crippen LogP contribution in [0.15, 0.2) is 48.6 Å². The molecule has 0 saturated carbocycles. The number of benzene rings is 1. The molecule has 1 saturated heterocycles. The summed E-state index contributed by atoms with van der Waals surface area (Å²) in [7, 11) is 3.31. The lowest BCUT2D eigenvalue weighted by molar-refractivity contribution is -0.148. The van der Waals surface area contributed by atoms with Crippen LogP contribution < -0.4 is 4.74 Å². The monoisotopic (exact) mass is 462 g/mol. The molecule has 1 aromatic carbocycles. The van der Waals surface area contributed by atoms with Crippen molar-refractivity contribution in [2.75, 3.05) is 34.2 Å².